The summed E-state index contributed by atoms with van der Waals surface area (Å²) in [4.78, 5) is 0. The third kappa shape index (κ3) is 1.52. The SMILES string of the molecule is CCCc1cn(C)nn1. The number of rotatable bonds is 2. The molecule has 0 aliphatic carbocycles. The Morgan fingerprint density at radius 2 is 2.44 bits per heavy atom. The number of hydrogen-bond donors (Lipinski definition) is 0. The van der Waals surface area contributed by atoms with Crippen LogP contribution in [0, 0.1) is 0 Å². The van der Waals surface area contributed by atoms with Crippen molar-refractivity contribution >= 4 is 0 Å². The summed E-state index contributed by atoms with van der Waals surface area (Å²) in [7, 11) is 1.88. The maximum absolute atomic E-state index is 3.92. The molecular weight excluding hydrogens is 114 g/mol. The highest BCUT2D eigenvalue weighted by Crippen LogP contribution is 1.94. The zero-order valence-electron chi connectivity index (χ0n) is 5.83. The first-order chi connectivity index (χ1) is 4.33. The molecule has 0 N–H and O–H groups in total. The molecular formula is C6H11N3. The fourth-order valence-corrected chi connectivity index (χ4v) is 0.766. The minimum absolute atomic E-state index is 1.04. The fraction of sp³-hybridized carbons (Fsp3) is 0.667. The summed E-state index contributed by atoms with van der Waals surface area (Å²) in [5.74, 6) is 0. The van der Waals surface area contributed by atoms with Crippen molar-refractivity contribution in [2.75, 3.05) is 0 Å². The first-order valence-electron chi connectivity index (χ1n) is 3.18. The van der Waals surface area contributed by atoms with Gasteiger partial charge in [-0.3, -0.25) is 4.68 Å². The average Bonchev–Trinajstić information content (AvgIpc) is 2.17. The van der Waals surface area contributed by atoms with E-state index in [2.05, 4.69) is 17.2 Å². The molecule has 0 aliphatic rings. The van der Waals surface area contributed by atoms with Gasteiger partial charge in [-0.25, -0.2) is 0 Å². The smallest absolute Gasteiger partial charge is 0.0826 e. The van der Waals surface area contributed by atoms with E-state index in [0.717, 1.165) is 18.5 Å². The second kappa shape index (κ2) is 2.62. The van der Waals surface area contributed by atoms with E-state index in [1.54, 1.807) is 4.68 Å². The minimum Gasteiger partial charge on any atom is -0.255 e. The summed E-state index contributed by atoms with van der Waals surface area (Å²) in [6.45, 7) is 2.13. The van der Waals surface area contributed by atoms with Crippen LogP contribution in [0.2, 0.25) is 0 Å². The van der Waals surface area contributed by atoms with Crippen LogP contribution in [0.3, 0.4) is 0 Å². The van der Waals surface area contributed by atoms with Crippen LogP contribution in [0.1, 0.15) is 19.0 Å². The molecule has 1 aromatic heterocycles. The minimum atomic E-state index is 1.04. The summed E-state index contributed by atoms with van der Waals surface area (Å²) >= 11 is 0. The largest absolute Gasteiger partial charge is 0.255 e. The Balaban J connectivity index is 2.61. The predicted molar refractivity (Wildman–Crippen MR) is 35.0 cm³/mol. The lowest BCUT2D eigenvalue weighted by molar-refractivity contribution is 0.712. The van der Waals surface area contributed by atoms with Gasteiger partial charge in [-0.15, -0.1) is 5.10 Å². The third-order valence-electron chi connectivity index (χ3n) is 1.16. The van der Waals surface area contributed by atoms with Gasteiger partial charge in [-0.2, -0.15) is 0 Å². The lowest BCUT2D eigenvalue weighted by Gasteiger charge is -1.84. The summed E-state index contributed by atoms with van der Waals surface area (Å²) in [6.07, 6.45) is 4.12. The molecule has 0 radical (unpaired) electrons. The molecule has 0 unspecified atom stereocenters. The number of aromatic nitrogens is 3. The maximum Gasteiger partial charge on any atom is 0.0826 e. The second-order valence-electron chi connectivity index (χ2n) is 2.13. The van der Waals surface area contributed by atoms with Crippen molar-refractivity contribution in [3.63, 3.8) is 0 Å². The van der Waals surface area contributed by atoms with Gasteiger partial charge in [0.15, 0.2) is 0 Å². The first-order valence-corrected chi connectivity index (χ1v) is 3.18. The van der Waals surface area contributed by atoms with E-state index in [4.69, 9.17) is 0 Å². The molecule has 0 spiro atoms. The summed E-state index contributed by atoms with van der Waals surface area (Å²) in [5, 5.41) is 7.72. The fourth-order valence-electron chi connectivity index (χ4n) is 0.766. The topological polar surface area (TPSA) is 30.7 Å². The first kappa shape index (κ1) is 6.26. The van der Waals surface area contributed by atoms with Crippen molar-refractivity contribution in [3.8, 4) is 0 Å². The van der Waals surface area contributed by atoms with Crippen LogP contribution >= 0.6 is 0 Å². The standard InChI is InChI=1S/C6H11N3/c1-3-4-6-5-9(2)8-7-6/h5H,3-4H2,1-2H3. The molecule has 0 atom stereocenters. The monoisotopic (exact) mass is 125 g/mol. The third-order valence-corrected chi connectivity index (χ3v) is 1.16. The van der Waals surface area contributed by atoms with Gasteiger partial charge in [-0.05, 0) is 6.42 Å². The van der Waals surface area contributed by atoms with E-state index in [-0.39, 0.29) is 0 Å². The summed E-state index contributed by atoms with van der Waals surface area (Å²) in [6, 6.07) is 0. The molecule has 0 aromatic carbocycles. The van der Waals surface area contributed by atoms with E-state index in [1.165, 1.54) is 0 Å². The zero-order chi connectivity index (χ0) is 6.69. The second-order valence-corrected chi connectivity index (χ2v) is 2.13. The predicted octanol–water partition coefficient (Wildman–Crippen LogP) is 0.768. The molecule has 3 heteroatoms. The van der Waals surface area contributed by atoms with Crippen LogP contribution in [0.25, 0.3) is 0 Å². The quantitative estimate of drug-likeness (QED) is 0.584. The van der Waals surface area contributed by atoms with Crippen LogP contribution in [0.5, 0.6) is 0 Å². The highest BCUT2D eigenvalue weighted by Gasteiger charge is 1.93. The summed E-state index contributed by atoms with van der Waals surface area (Å²) in [5.41, 5.74) is 1.08. The normalized spacial score (nSPS) is 10.0. The van der Waals surface area contributed by atoms with Crippen molar-refractivity contribution in [1.29, 1.82) is 0 Å². The Morgan fingerprint density at radius 1 is 1.67 bits per heavy atom. The van der Waals surface area contributed by atoms with Gasteiger partial charge < -0.3 is 0 Å². The molecule has 1 heterocycles. The van der Waals surface area contributed by atoms with Crippen molar-refractivity contribution < 1.29 is 0 Å². The number of aryl methyl sites for hydroxylation is 2. The zero-order valence-corrected chi connectivity index (χ0v) is 5.83. The molecule has 0 bridgehead atoms. The molecule has 0 saturated heterocycles. The molecule has 9 heavy (non-hydrogen) atoms. The van der Waals surface area contributed by atoms with Gasteiger partial charge in [0.05, 0.1) is 5.69 Å². The van der Waals surface area contributed by atoms with Crippen LogP contribution in [-0.2, 0) is 13.5 Å². The average molecular weight is 125 g/mol. The van der Waals surface area contributed by atoms with E-state index in [9.17, 15) is 0 Å². The Bertz CT molecular complexity index is 180. The van der Waals surface area contributed by atoms with Gasteiger partial charge in [0.25, 0.3) is 0 Å². The van der Waals surface area contributed by atoms with Crippen molar-refractivity contribution in [1.82, 2.24) is 15.0 Å². The molecule has 50 valence electrons. The van der Waals surface area contributed by atoms with E-state index < -0.39 is 0 Å². The van der Waals surface area contributed by atoms with Gasteiger partial charge in [-0.1, -0.05) is 18.6 Å². The number of hydrogen-bond acceptors (Lipinski definition) is 2. The van der Waals surface area contributed by atoms with Crippen molar-refractivity contribution in [2.45, 2.75) is 19.8 Å². The molecule has 1 aromatic rings. The molecule has 0 aliphatic heterocycles. The summed E-state index contributed by atoms with van der Waals surface area (Å²) < 4.78 is 1.73. The Hall–Kier alpha value is -0.860. The van der Waals surface area contributed by atoms with Gasteiger partial charge in [0.2, 0.25) is 0 Å². The highest BCUT2D eigenvalue weighted by molar-refractivity contribution is 4.90. The van der Waals surface area contributed by atoms with Crippen molar-refractivity contribution in [2.24, 2.45) is 7.05 Å². The lowest BCUT2D eigenvalue weighted by Crippen LogP contribution is -1.85. The highest BCUT2D eigenvalue weighted by atomic mass is 15.4. The molecule has 0 amide bonds. The Labute approximate surface area is 54.7 Å². The van der Waals surface area contributed by atoms with Gasteiger partial charge in [0, 0.05) is 13.2 Å². The molecule has 3 nitrogen and oxygen atoms in total. The van der Waals surface area contributed by atoms with Crippen LogP contribution in [0.4, 0.5) is 0 Å². The van der Waals surface area contributed by atoms with E-state index in [0.29, 0.717) is 0 Å². The van der Waals surface area contributed by atoms with Gasteiger partial charge >= 0.3 is 0 Å². The molecule has 1 rings (SSSR count). The lowest BCUT2D eigenvalue weighted by atomic mass is 10.3. The Morgan fingerprint density at radius 3 is 2.89 bits per heavy atom. The van der Waals surface area contributed by atoms with Crippen LogP contribution < -0.4 is 0 Å². The van der Waals surface area contributed by atoms with Crippen molar-refractivity contribution in [3.05, 3.63) is 11.9 Å². The van der Waals surface area contributed by atoms with Crippen LogP contribution in [-0.4, -0.2) is 15.0 Å². The Kier molecular flexibility index (Phi) is 1.82. The molecule has 0 fully saturated rings. The number of nitrogens with zero attached hydrogens (tertiary/aromatic N) is 3. The van der Waals surface area contributed by atoms with E-state index in [1.807, 2.05) is 13.2 Å². The van der Waals surface area contributed by atoms with Gasteiger partial charge in [0.1, 0.15) is 0 Å². The van der Waals surface area contributed by atoms with E-state index >= 15 is 0 Å². The van der Waals surface area contributed by atoms with Crippen LogP contribution in [0.15, 0.2) is 6.20 Å². The maximum atomic E-state index is 3.92. The molecule has 0 saturated carbocycles.